The van der Waals surface area contributed by atoms with Gasteiger partial charge < -0.3 is 5.73 Å². The summed E-state index contributed by atoms with van der Waals surface area (Å²) in [4.78, 5) is 11.5. The van der Waals surface area contributed by atoms with Crippen LogP contribution in [0.2, 0.25) is 0 Å². The molecule has 2 nitrogen and oxygen atoms in total. The van der Waals surface area contributed by atoms with Crippen LogP contribution in [0.4, 0.5) is 4.39 Å². The lowest BCUT2D eigenvalue weighted by Gasteiger charge is -2.34. The molecule has 2 aromatic rings. The Hall–Kier alpha value is -1.53. The van der Waals surface area contributed by atoms with Crippen LogP contribution in [0.15, 0.2) is 61.2 Å². The molecule has 0 spiro atoms. The molecule has 0 aromatic heterocycles. The maximum atomic E-state index is 15.0. The number of hydrogen-bond donors (Lipinski definition) is 1. The average molecular weight is 550 g/mol. The second-order valence-corrected chi connectivity index (χ2v) is 10.6. The van der Waals surface area contributed by atoms with Crippen LogP contribution in [-0.2, 0) is 8.47 Å². The molecule has 0 aliphatic heterocycles. The van der Waals surface area contributed by atoms with Crippen LogP contribution in [0.1, 0.15) is 80.5 Å². The number of allylic oxidation sites excluding steroid dienone is 1. The molecule has 174 valence electrons. The number of Topliss-reactive ketones (excluding diaryl/α,β-unsaturated/α-hetero) is 1. The molecule has 32 heavy (non-hydrogen) atoms. The smallest absolute Gasteiger partial charge is 0.204 e. The van der Waals surface area contributed by atoms with Gasteiger partial charge in [-0.15, -0.1) is 0 Å². The first-order chi connectivity index (χ1) is 15.1. The number of aryl methyl sites for hydroxylation is 1. The number of rotatable bonds is 12. The quantitative estimate of drug-likeness (QED) is 0.167. The Morgan fingerprint density at radius 1 is 1.22 bits per heavy atom. The molecule has 0 saturated heterocycles. The highest BCUT2D eigenvalue weighted by atomic mass is 127. The van der Waals surface area contributed by atoms with Gasteiger partial charge in [0.05, 0.1) is 0 Å². The van der Waals surface area contributed by atoms with Crippen molar-refractivity contribution in [2.24, 2.45) is 11.7 Å². The first-order valence-corrected chi connectivity index (χ1v) is 12.6. The molecular weight excluding hydrogens is 512 g/mol. The van der Waals surface area contributed by atoms with E-state index in [2.05, 4.69) is 51.6 Å². The lowest BCUT2D eigenvalue weighted by Crippen LogP contribution is -2.27. The van der Waals surface area contributed by atoms with Crippen molar-refractivity contribution in [3.8, 4) is 0 Å². The average Bonchev–Trinajstić information content (AvgIpc) is 2.76. The molecule has 0 saturated carbocycles. The summed E-state index contributed by atoms with van der Waals surface area (Å²) in [6.45, 7) is 11.8. The molecule has 4 heteroatoms. The Bertz CT molecular complexity index is 896. The number of nitrogens with two attached hydrogens (primary N) is 1. The van der Waals surface area contributed by atoms with Crippen molar-refractivity contribution in [3.05, 3.63) is 83.4 Å². The standard InChI is InChI=1S/C28H37FINO/c1-6-25(22-11-9-8-10-12-22)26(16-15-24(31)17-20(4)32)21(5)27-18-23(14-13-19(27)3)28(29,30)7-2/h7-14,18,21,24-26H,2,6,15-17,31H2,1,3-5H3/t21-,24+,25-,26+,28?/m0/s1. The summed E-state index contributed by atoms with van der Waals surface area (Å²) in [5.74, 6) is 1.02. The van der Waals surface area contributed by atoms with Gasteiger partial charge in [0.15, 0.2) is 0 Å². The van der Waals surface area contributed by atoms with Crippen LogP contribution in [-0.4, -0.2) is 11.8 Å². The normalized spacial score (nSPS) is 17.1. The van der Waals surface area contributed by atoms with Crippen molar-refractivity contribution in [1.29, 1.82) is 0 Å². The second kappa shape index (κ2) is 12.1. The Kier molecular flexibility index (Phi) is 10.1. The molecule has 0 bridgehead atoms. The highest BCUT2D eigenvalue weighted by Gasteiger charge is 2.31. The molecule has 0 aliphatic rings. The Morgan fingerprint density at radius 3 is 2.44 bits per heavy atom. The molecule has 0 amide bonds. The van der Waals surface area contributed by atoms with Gasteiger partial charge in [-0.3, -0.25) is 4.79 Å². The van der Waals surface area contributed by atoms with E-state index in [1.165, 1.54) is 22.8 Å². The van der Waals surface area contributed by atoms with Gasteiger partial charge in [0.1, 0.15) is 5.78 Å². The predicted molar refractivity (Wildman–Crippen MR) is 142 cm³/mol. The minimum Gasteiger partial charge on any atom is -0.327 e. The van der Waals surface area contributed by atoms with Crippen molar-refractivity contribution >= 4 is 28.4 Å². The highest BCUT2D eigenvalue weighted by molar-refractivity contribution is 14.1. The molecule has 2 N–H and O–H groups in total. The van der Waals surface area contributed by atoms with E-state index in [9.17, 15) is 4.79 Å². The first kappa shape index (κ1) is 26.7. The van der Waals surface area contributed by atoms with Crippen molar-refractivity contribution in [2.75, 3.05) is 0 Å². The Morgan fingerprint density at radius 2 is 1.88 bits per heavy atom. The maximum absolute atomic E-state index is 15.0. The summed E-state index contributed by atoms with van der Waals surface area (Å²) < 4.78 is 13.4. The molecule has 5 atom stereocenters. The monoisotopic (exact) mass is 549 g/mol. The van der Waals surface area contributed by atoms with E-state index in [-0.39, 0.29) is 17.7 Å². The molecule has 0 radical (unpaired) electrons. The summed E-state index contributed by atoms with van der Waals surface area (Å²) in [7, 11) is 0. The Balaban J connectivity index is 2.45. The van der Waals surface area contributed by atoms with Crippen molar-refractivity contribution in [2.45, 2.75) is 74.9 Å². The van der Waals surface area contributed by atoms with Gasteiger partial charge in [-0.1, -0.05) is 69.0 Å². The van der Waals surface area contributed by atoms with Gasteiger partial charge in [-0.05, 0) is 96.2 Å². The minimum atomic E-state index is -1.59. The maximum Gasteiger partial charge on any atom is 0.204 e. The SMILES string of the molecule is C=CC(F)(I)c1ccc(C)c([C@@H](C)[C@@H](CC[C@@H](N)CC(C)=O)[C@@H](CC)c2ccccc2)c1. The molecule has 0 fully saturated rings. The van der Waals surface area contributed by atoms with E-state index < -0.39 is 3.68 Å². The van der Waals surface area contributed by atoms with E-state index in [0.29, 0.717) is 23.8 Å². The summed E-state index contributed by atoms with van der Waals surface area (Å²) in [6, 6.07) is 16.4. The number of alkyl halides is 2. The second-order valence-electron chi connectivity index (χ2n) is 9.02. The van der Waals surface area contributed by atoms with Crippen LogP contribution in [0.25, 0.3) is 0 Å². The van der Waals surface area contributed by atoms with Crippen molar-refractivity contribution < 1.29 is 9.18 Å². The van der Waals surface area contributed by atoms with Gasteiger partial charge in [0.2, 0.25) is 3.68 Å². The zero-order chi connectivity index (χ0) is 23.9. The molecular formula is C28H37FINO. The van der Waals surface area contributed by atoms with Gasteiger partial charge in [-0.25, -0.2) is 4.39 Å². The van der Waals surface area contributed by atoms with Crippen LogP contribution >= 0.6 is 22.6 Å². The fraction of sp³-hybridized carbons (Fsp3) is 0.464. The minimum absolute atomic E-state index is 0.128. The topological polar surface area (TPSA) is 43.1 Å². The zero-order valence-corrected chi connectivity index (χ0v) is 21.9. The first-order valence-electron chi connectivity index (χ1n) is 11.5. The number of benzene rings is 2. The number of hydrogen-bond acceptors (Lipinski definition) is 2. The number of carbonyl (C=O) groups is 1. The van der Waals surface area contributed by atoms with Crippen LogP contribution < -0.4 is 5.73 Å². The molecule has 0 heterocycles. The number of halogens is 2. The third-order valence-corrected chi connectivity index (χ3v) is 7.72. The summed E-state index contributed by atoms with van der Waals surface area (Å²) in [5.41, 5.74) is 10.6. The summed E-state index contributed by atoms with van der Waals surface area (Å²) in [6.07, 6.45) is 4.48. The molecule has 2 aromatic carbocycles. The van der Waals surface area contributed by atoms with E-state index in [0.717, 1.165) is 19.3 Å². The molecule has 1 unspecified atom stereocenters. The van der Waals surface area contributed by atoms with E-state index >= 15 is 4.39 Å². The third kappa shape index (κ3) is 6.98. The van der Waals surface area contributed by atoms with Gasteiger partial charge in [0, 0.05) is 18.0 Å². The molecule has 0 aliphatic carbocycles. The van der Waals surface area contributed by atoms with Crippen LogP contribution in [0.3, 0.4) is 0 Å². The van der Waals surface area contributed by atoms with Gasteiger partial charge in [0.25, 0.3) is 0 Å². The number of carbonyl (C=O) groups excluding carboxylic acids is 1. The molecule has 2 rings (SSSR count). The largest absolute Gasteiger partial charge is 0.327 e. The third-order valence-electron chi connectivity index (χ3n) is 6.66. The lowest BCUT2D eigenvalue weighted by atomic mass is 9.71. The van der Waals surface area contributed by atoms with E-state index in [1.807, 2.05) is 46.9 Å². The van der Waals surface area contributed by atoms with Crippen LogP contribution in [0, 0.1) is 12.8 Å². The van der Waals surface area contributed by atoms with Gasteiger partial charge >= 0.3 is 0 Å². The number of ketones is 1. The highest BCUT2D eigenvalue weighted by Crippen LogP contribution is 2.44. The fourth-order valence-electron chi connectivity index (χ4n) is 4.85. The van der Waals surface area contributed by atoms with Crippen molar-refractivity contribution in [3.63, 3.8) is 0 Å². The van der Waals surface area contributed by atoms with Gasteiger partial charge in [-0.2, -0.15) is 0 Å². The summed E-state index contributed by atoms with van der Waals surface area (Å²) >= 11 is 1.81. The van der Waals surface area contributed by atoms with E-state index in [4.69, 9.17) is 5.73 Å². The zero-order valence-electron chi connectivity index (χ0n) is 19.8. The summed E-state index contributed by atoms with van der Waals surface area (Å²) in [5, 5.41) is 0. The Labute approximate surface area is 207 Å². The van der Waals surface area contributed by atoms with Crippen molar-refractivity contribution in [1.82, 2.24) is 0 Å². The fourth-order valence-corrected chi connectivity index (χ4v) is 5.19. The predicted octanol–water partition coefficient (Wildman–Crippen LogP) is 7.74. The van der Waals surface area contributed by atoms with Crippen LogP contribution in [0.5, 0.6) is 0 Å². The lowest BCUT2D eigenvalue weighted by molar-refractivity contribution is -0.117. The van der Waals surface area contributed by atoms with E-state index in [1.54, 1.807) is 6.92 Å².